The van der Waals surface area contributed by atoms with E-state index in [0.29, 0.717) is 5.92 Å². The topological polar surface area (TPSA) is 46.0 Å². The molecular weight excluding hydrogens is 250 g/mol. The van der Waals surface area contributed by atoms with E-state index in [1.54, 1.807) is 0 Å². The van der Waals surface area contributed by atoms with E-state index in [1.165, 1.54) is 25.8 Å². The maximum atomic E-state index is 4.21. The van der Waals surface area contributed by atoms with Crippen molar-refractivity contribution in [2.24, 2.45) is 11.8 Å². The Morgan fingerprint density at radius 1 is 1.45 bits per heavy atom. The van der Waals surface area contributed by atoms with Crippen molar-refractivity contribution in [3.8, 4) is 0 Å². The van der Waals surface area contributed by atoms with E-state index in [2.05, 4.69) is 47.6 Å². The van der Waals surface area contributed by atoms with Crippen molar-refractivity contribution in [2.45, 2.75) is 46.2 Å². The predicted octanol–water partition coefficient (Wildman–Crippen LogP) is 1.76. The van der Waals surface area contributed by atoms with Crippen LogP contribution in [0.25, 0.3) is 0 Å². The van der Waals surface area contributed by atoms with Gasteiger partial charge >= 0.3 is 0 Å². The van der Waals surface area contributed by atoms with E-state index in [4.69, 9.17) is 0 Å². The number of aromatic nitrogens is 3. The summed E-state index contributed by atoms with van der Waals surface area (Å²) in [6.45, 7) is 9.48. The molecule has 1 saturated carbocycles. The molecule has 20 heavy (non-hydrogen) atoms. The second-order valence-corrected chi connectivity index (χ2v) is 6.56. The van der Waals surface area contributed by atoms with Gasteiger partial charge in [0.2, 0.25) is 0 Å². The van der Waals surface area contributed by atoms with Crippen LogP contribution in [0, 0.1) is 11.8 Å². The van der Waals surface area contributed by atoms with E-state index in [-0.39, 0.29) is 0 Å². The summed E-state index contributed by atoms with van der Waals surface area (Å²) >= 11 is 0. The molecule has 1 aromatic heterocycles. The summed E-state index contributed by atoms with van der Waals surface area (Å²) in [5.41, 5.74) is 1.03. The van der Waals surface area contributed by atoms with Gasteiger partial charge in [0.05, 0.1) is 12.2 Å². The molecule has 5 heteroatoms. The number of nitrogens with one attached hydrogen (secondary N) is 1. The fraction of sp³-hybridized carbons (Fsp3) is 0.867. The lowest BCUT2D eigenvalue weighted by Gasteiger charge is -2.29. The zero-order valence-corrected chi connectivity index (χ0v) is 13.2. The first-order valence-electron chi connectivity index (χ1n) is 7.91. The van der Waals surface area contributed by atoms with Gasteiger partial charge in [-0.15, -0.1) is 5.10 Å². The summed E-state index contributed by atoms with van der Waals surface area (Å²) in [7, 11) is 2.21. The van der Waals surface area contributed by atoms with Crippen LogP contribution in [0.3, 0.4) is 0 Å². The average Bonchev–Trinajstić information content (AvgIpc) is 2.79. The molecular formula is C15H29N5. The maximum absolute atomic E-state index is 4.21. The monoisotopic (exact) mass is 279 g/mol. The molecule has 1 aliphatic rings. The van der Waals surface area contributed by atoms with Crippen molar-refractivity contribution in [3.05, 3.63) is 11.9 Å². The fourth-order valence-electron chi connectivity index (χ4n) is 2.50. The maximum Gasteiger partial charge on any atom is 0.0964 e. The number of likely N-dealkylation sites (N-methyl/N-ethyl adjacent to an activating group) is 1. The first-order chi connectivity index (χ1) is 9.63. The molecule has 0 amide bonds. The van der Waals surface area contributed by atoms with Crippen molar-refractivity contribution in [2.75, 3.05) is 26.7 Å². The molecule has 0 unspecified atom stereocenters. The Hall–Kier alpha value is -0.940. The van der Waals surface area contributed by atoms with Crippen molar-refractivity contribution >= 4 is 0 Å². The highest BCUT2D eigenvalue weighted by Crippen LogP contribution is 2.26. The Labute approximate surface area is 122 Å². The lowest BCUT2D eigenvalue weighted by Crippen LogP contribution is -2.31. The van der Waals surface area contributed by atoms with E-state index in [1.807, 2.05) is 4.68 Å². The summed E-state index contributed by atoms with van der Waals surface area (Å²) in [5, 5.41) is 11.8. The largest absolute Gasteiger partial charge is 0.311 e. The van der Waals surface area contributed by atoms with Gasteiger partial charge in [0.1, 0.15) is 0 Å². The van der Waals surface area contributed by atoms with Gasteiger partial charge in [-0.1, -0.05) is 25.5 Å². The molecule has 2 rings (SSSR count). The SMILES string of the molecule is CC(C)CNCc1cn(CCN(C)CC2CCC2)nn1. The van der Waals surface area contributed by atoms with Crippen LogP contribution in [-0.4, -0.2) is 46.6 Å². The van der Waals surface area contributed by atoms with Crippen molar-refractivity contribution in [1.29, 1.82) is 0 Å². The average molecular weight is 279 g/mol. The predicted molar refractivity (Wildman–Crippen MR) is 81.4 cm³/mol. The minimum Gasteiger partial charge on any atom is -0.311 e. The van der Waals surface area contributed by atoms with E-state index in [0.717, 1.165) is 37.8 Å². The van der Waals surface area contributed by atoms with Crippen LogP contribution >= 0.6 is 0 Å². The molecule has 5 nitrogen and oxygen atoms in total. The quantitative estimate of drug-likeness (QED) is 0.748. The molecule has 0 spiro atoms. The van der Waals surface area contributed by atoms with Crippen LogP contribution < -0.4 is 5.32 Å². The molecule has 1 heterocycles. The van der Waals surface area contributed by atoms with Crippen molar-refractivity contribution < 1.29 is 0 Å². The third-order valence-corrected chi connectivity index (χ3v) is 3.95. The van der Waals surface area contributed by atoms with Crippen LogP contribution in [0.15, 0.2) is 6.20 Å². The number of nitrogens with zero attached hydrogens (tertiary/aromatic N) is 4. The summed E-state index contributed by atoms with van der Waals surface area (Å²) in [5.74, 6) is 1.61. The highest BCUT2D eigenvalue weighted by atomic mass is 15.4. The Kier molecular flexibility index (Phi) is 5.98. The Bertz CT molecular complexity index is 383. The smallest absolute Gasteiger partial charge is 0.0964 e. The third-order valence-electron chi connectivity index (χ3n) is 3.95. The fourth-order valence-corrected chi connectivity index (χ4v) is 2.50. The van der Waals surface area contributed by atoms with Gasteiger partial charge in [0, 0.05) is 25.8 Å². The Morgan fingerprint density at radius 3 is 2.90 bits per heavy atom. The molecule has 114 valence electrons. The second kappa shape index (κ2) is 7.74. The van der Waals surface area contributed by atoms with Crippen LogP contribution in [0.5, 0.6) is 0 Å². The van der Waals surface area contributed by atoms with Gasteiger partial charge in [0.25, 0.3) is 0 Å². The summed E-state index contributed by atoms with van der Waals surface area (Å²) in [6.07, 6.45) is 6.32. The highest BCUT2D eigenvalue weighted by molar-refractivity contribution is 4.91. The van der Waals surface area contributed by atoms with Gasteiger partial charge < -0.3 is 10.2 Å². The number of hydrogen-bond acceptors (Lipinski definition) is 4. The Morgan fingerprint density at radius 2 is 2.25 bits per heavy atom. The molecule has 1 N–H and O–H groups in total. The minimum atomic E-state index is 0.671. The summed E-state index contributed by atoms with van der Waals surface area (Å²) in [4.78, 5) is 2.42. The van der Waals surface area contributed by atoms with Crippen LogP contribution in [0.4, 0.5) is 0 Å². The normalized spacial score (nSPS) is 16.1. The van der Waals surface area contributed by atoms with Crippen LogP contribution in [0.1, 0.15) is 38.8 Å². The molecule has 0 radical (unpaired) electrons. The second-order valence-electron chi connectivity index (χ2n) is 6.56. The zero-order chi connectivity index (χ0) is 14.4. The van der Waals surface area contributed by atoms with E-state index in [9.17, 15) is 0 Å². The van der Waals surface area contributed by atoms with Crippen LogP contribution in [-0.2, 0) is 13.1 Å². The number of hydrogen-bond donors (Lipinski definition) is 1. The molecule has 1 aliphatic carbocycles. The van der Waals surface area contributed by atoms with E-state index >= 15 is 0 Å². The highest BCUT2D eigenvalue weighted by Gasteiger charge is 2.18. The van der Waals surface area contributed by atoms with Crippen LogP contribution in [0.2, 0.25) is 0 Å². The first kappa shape index (κ1) is 15.4. The zero-order valence-electron chi connectivity index (χ0n) is 13.2. The third kappa shape index (κ3) is 5.21. The Balaban J connectivity index is 1.64. The molecule has 1 fully saturated rings. The lowest BCUT2D eigenvalue weighted by atomic mass is 9.85. The summed E-state index contributed by atoms with van der Waals surface area (Å²) in [6, 6.07) is 0. The summed E-state index contributed by atoms with van der Waals surface area (Å²) < 4.78 is 1.96. The van der Waals surface area contributed by atoms with Crippen molar-refractivity contribution in [3.63, 3.8) is 0 Å². The lowest BCUT2D eigenvalue weighted by molar-refractivity contribution is 0.199. The molecule has 0 bridgehead atoms. The molecule has 0 saturated heterocycles. The standard InChI is InChI=1S/C15H29N5/c1-13(2)9-16-10-15-12-20(18-17-15)8-7-19(3)11-14-5-4-6-14/h12-14,16H,4-11H2,1-3H3. The molecule has 0 aliphatic heterocycles. The van der Waals surface area contributed by atoms with Gasteiger partial charge in [-0.25, -0.2) is 0 Å². The first-order valence-corrected chi connectivity index (χ1v) is 7.91. The molecule has 0 atom stereocenters. The number of rotatable bonds is 9. The van der Waals surface area contributed by atoms with Gasteiger partial charge in [-0.2, -0.15) is 0 Å². The molecule has 1 aromatic rings. The minimum absolute atomic E-state index is 0.671. The van der Waals surface area contributed by atoms with Crippen molar-refractivity contribution in [1.82, 2.24) is 25.2 Å². The van der Waals surface area contributed by atoms with E-state index < -0.39 is 0 Å². The van der Waals surface area contributed by atoms with Gasteiger partial charge in [-0.3, -0.25) is 4.68 Å². The van der Waals surface area contributed by atoms with Gasteiger partial charge in [0.15, 0.2) is 0 Å². The van der Waals surface area contributed by atoms with Gasteiger partial charge in [-0.05, 0) is 38.3 Å². The molecule has 0 aromatic carbocycles.